The number of nitrogens with two attached hydrogens (primary N) is 1. The van der Waals surface area contributed by atoms with Crippen LogP contribution in [0.3, 0.4) is 0 Å². The van der Waals surface area contributed by atoms with Gasteiger partial charge >= 0.3 is 0 Å². The Bertz CT molecular complexity index is 570. The van der Waals surface area contributed by atoms with Crippen molar-refractivity contribution in [2.24, 2.45) is 0 Å². The van der Waals surface area contributed by atoms with Crippen molar-refractivity contribution in [2.45, 2.75) is 6.92 Å². The average molecular weight is 247 g/mol. The minimum atomic E-state index is -0.345. The summed E-state index contributed by atoms with van der Waals surface area (Å²) < 4.78 is 23.8. The third-order valence-corrected chi connectivity index (χ3v) is 2.59. The molecule has 18 heavy (non-hydrogen) atoms. The van der Waals surface area contributed by atoms with E-state index in [1.54, 1.807) is 31.4 Å². The molecule has 0 saturated heterocycles. The van der Waals surface area contributed by atoms with Crippen molar-refractivity contribution in [2.75, 3.05) is 12.8 Å². The minimum absolute atomic E-state index is 0.345. The molecule has 0 saturated carbocycles. The number of anilines is 1. The van der Waals surface area contributed by atoms with E-state index in [0.29, 0.717) is 22.9 Å². The molecule has 0 fully saturated rings. The van der Waals surface area contributed by atoms with Crippen LogP contribution in [0.15, 0.2) is 36.4 Å². The summed E-state index contributed by atoms with van der Waals surface area (Å²) in [7, 11) is 1.56. The van der Waals surface area contributed by atoms with Gasteiger partial charge in [0.1, 0.15) is 17.3 Å². The Balaban J connectivity index is 2.31. The van der Waals surface area contributed by atoms with Gasteiger partial charge in [-0.3, -0.25) is 0 Å². The third kappa shape index (κ3) is 2.53. The minimum Gasteiger partial charge on any atom is -0.497 e. The molecule has 4 heteroatoms. The number of ether oxygens (including phenoxy) is 2. The van der Waals surface area contributed by atoms with Crippen molar-refractivity contribution in [3.05, 3.63) is 47.8 Å². The van der Waals surface area contributed by atoms with E-state index in [4.69, 9.17) is 15.2 Å². The topological polar surface area (TPSA) is 44.5 Å². The molecule has 2 rings (SSSR count). The fourth-order valence-corrected chi connectivity index (χ4v) is 1.55. The zero-order chi connectivity index (χ0) is 13.1. The number of rotatable bonds is 3. The fourth-order valence-electron chi connectivity index (χ4n) is 1.55. The van der Waals surface area contributed by atoms with E-state index in [1.807, 2.05) is 6.92 Å². The number of hydrogen-bond acceptors (Lipinski definition) is 3. The second-order valence-electron chi connectivity index (χ2n) is 3.92. The lowest BCUT2D eigenvalue weighted by molar-refractivity contribution is 0.413. The van der Waals surface area contributed by atoms with E-state index in [-0.39, 0.29) is 5.82 Å². The van der Waals surface area contributed by atoms with Gasteiger partial charge in [-0.25, -0.2) is 4.39 Å². The van der Waals surface area contributed by atoms with Crippen molar-refractivity contribution in [1.29, 1.82) is 0 Å². The number of methoxy groups -OCH3 is 1. The molecule has 2 N–H and O–H groups in total. The summed E-state index contributed by atoms with van der Waals surface area (Å²) in [5.41, 5.74) is 7.12. The molecule has 0 heterocycles. The number of nitrogen functional groups attached to an aromatic ring is 1. The Hall–Kier alpha value is -2.23. The molecule has 0 atom stereocenters. The second-order valence-corrected chi connectivity index (χ2v) is 3.92. The Labute approximate surface area is 105 Å². The maximum Gasteiger partial charge on any atom is 0.150 e. The van der Waals surface area contributed by atoms with E-state index in [0.717, 1.165) is 5.56 Å². The first kappa shape index (κ1) is 12.2. The summed E-state index contributed by atoms with van der Waals surface area (Å²) in [5, 5.41) is 0. The van der Waals surface area contributed by atoms with Gasteiger partial charge in [-0.05, 0) is 30.7 Å². The molecule has 0 amide bonds. The molecule has 0 bridgehead atoms. The van der Waals surface area contributed by atoms with Gasteiger partial charge in [0.25, 0.3) is 0 Å². The van der Waals surface area contributed by atoms with Gasteiger partial charge in [-0.1, -0.05) is 6.07 Å². The summed E-state index contributed by atoms with van der Waals surface area (Å²) in [5.74, 6) is 1.23. The molecule has 2 aromatic carbocycles. The van der Waals surface area contributed by atoms with Crippen LogP contribution in [-0.2, 0) is 0 Å². The van der Waals surface area contributed by atoms with Crippen LogP contribution in [0.25, 0.3) is 0 Å². The number of halogens is 1. The van der Waals surface area contributed by atoms with Gasteiger partial charge < -0.3 is 15.2 Å². The summed E-state index contributed by atoms with van der Waals surface area (Å²) in [6.45, 7) is 1.84. The highest BCUT2D eigenvalue weighted by molar-refractivity contribution is 5.57. The van der Waals surface area contributed by atoms with Gasteiger partial charge in [0.15, 0.2) is 5.75 Å². The third-order valence-electron chi connectivity index (χ3n) is 2.59. The summed E-state index contributed by atoms with van der Waals surface area (Å²) >= 11 is 0. The molecule has 0 aromatic heterocycles. The molecular formula is C14H14FNO2. The van der Waals surface area contributed by atoms with Gasteiger partial charge in [0.05, 0.1) is 12.8 Å². The molecule has 94 valence electrons. The lowest BCUT2D eigenvalue weighted by Gasteiger charge is -2.11. The van der Waals surface area contributed by atoms with Gasteiger partial charge in [-0.2, -0.15) is 0 Å². The smallest absolute Gasteiger partial charge is 0.150 e. The van der Waals surface area contributed by atoms with E-state index < -0.39 is 0 Å². The highest BCUT2D eigenvalue weighted by Gasteiger charge is 2.07. The molecule has 0 unspecified atom stereocenters. The molecule has 0 radical (unpaired) electrons. The van der Waals surface area contributed by atoms with E-state index in [2.05, 4.69) is 0 Å². The first-order valence-corrected chi connectivity index (χ1v) is 5.47. The van der Waals surface area contributed by atoms with Gasteiger partial charge in [-0.15, -0.1) is 0 Å². The van der Waals surface area contributed by atoms with Gasteiger partial charge in [0, 0.05) is 12.1 Å². The quantitative estimate of drug-likeness (QED) is 0.844. The van der Waals surface area contributed by atoms with Crippen molar-refractivity contribution in [3.63, 3.8) is 0 Å². The zero-order valence-corrected chi connectivity index (χ0v) is 10.2. The van der Waals surface area contributed by atoms with Crippen LogP contribution in [-0.4, -0.2) is 7.11 Å². The molecule has 0 aliphatic carbocycles. The predicted octanol–water partition coefficient (Wildman–Crippen LogP) is 3.52. The van der Waals surface area contributed by atoms with Crippen LogP contribution in [0.4, 0.5) is 10.1 Å². The molecular weight excluding hydrogens is 233 g/mol. The highest BCUT2D eigenvalue weighted by Crippen LogP contribution is 2.32. The molecule has 0 spiro atoms. The van der Waals surface area contributed by atoms with Crippen molar-refractivity contribution >= 4 is 5.69 Å². The van der Waals surface area contributed by atoms with Crippen LogP contribution in [0.2, 0.25) is 0 Å². The maximum atomic E-state index is 13.1. The Morgan fingerprint density at radius 1 is 1.06 bits per heavy atom. The monoisotopic (exact) mass is 247 g/mol. The zero-order valence-electron chi connectivity index (χ0n) is 10.2. The SMILES string of the molecule is COc1ccc(Oc2cc(F)ccc2C)c(N)c1. The molecule has 0 aliphatic heterocycles. The largest absolute Gasteiger partial charge is 0.497 e. The Morgan fingerprint density at radius 3 is 2.50 bits per heavy atom. The normalized spacial score (nSPS) is 10.2. The lowest BCUT2D eigenvalue weighted by atomic mass is 10.2. The Kier molecular flexibility index (Phi) is 3.37. The van der Waals surface area contributed by atoms with E-state index in [1.165, 1.54) is 12.1 Å². The van der Waals surface area contributed by atoms with Crippen molar-refractivity contribution in [1.82, 2.24) is 0 Å². The first-order valence-electron chi connectivity index (χ1n) is 5.47. The van der Waals surface area contributed by atoms with E-state index in [9.17, 15) is 4.39 Å². The average Bonchev–Trinajstić information content (AvgIpc) is 2.36. The van der Waals surface area contributed by atoms with Crippen LogP contribution >= 0.6 is 0 Å². The maximum absolute atomic E-state index is 13.1. The summed E-state index contributed by atoms with van der Waals surface area (Å²) in [6.07, 6.45) is 0. The van der Waals surface area contributed by atoms with E-state index >= 15 is 0 Å². The predicted molar refractivity (Wildman–Crippen MR) is 68.6 cm³/mol. The van der Waals surface area contributed by atoms with Crippen LogP contribution in [0.5, 0.6) is 17.2 Å². The molecule has 0 aliphatic rings. The van der Waals surface area contributed by atoms with Crippen LogP contribution in [0, 0.1) is 12.7 Å². The number of hydrogen-bond donors (Lipinski definition) is 1. The first-order chi connectivity index (χ1) is 8.60. The summed E-state index contributed by atoms with van der Waals surface area (Å²) in [6, 6.07) is 9.46. The summed E-state index contributed by atoms with van der Waals surface area (Å²) in [4.78, 5) is 0. The number of aryl methyl sites for hydroxylation is 1. The fraction of sp³-hybridized carbons (Fsp3) is 0.143. The standard InChI is InChI=1S/C14H14FNO2/c1-9-3-4-10(15)7-14(9)18-13-6-5-11(17-2)8-12(13)16/h3-8H,16H2,1-2H3. The molecule has 3 nitrogen and oxygen atoms in total. The highest BCUT2D eigenvalue weighted by atomic mass is 19.1. The lowest BCUT2D eigenvalue weighted by Crippen LogP contribution is -1.95. The van der Waals surface area contributed by atoms with Crippen LogP contribution in [0.1, 0.15) is 5.56 Å². The van der Waals surface area contributed by atoms with Crippen LogP contribution < -0.4 is 15.2 Å². The van der Waals surface area contributed by atoms with Crippen molar-refractivity contribution < 1.29 is 13.9 Å². The molecule has 2 aromatic rings. The number of benzene rings is 2. The Morgan fingerprint density at radius 2 is 1.83 bits per heavy atom. The van der Waals surface area contributed by atoms with Crippen molar-refractivity contribution in [3.8, 4) is 17.2 Å². The van der Waals surface area contributed by atoms with Gasteiger partial charge in [0.2, 0.25) is 0 Å². The second kappa shape index (κ2) is 4.96.